The van der Waals surface area contributed by atoms with Gasteiger partial charge in [0.1, 0.15) is 0 Å². The minimum atomic E-state index is 0.668. The maximum Gasteiger partial charge on any atom is 0.0511 e. The van der Waals surface area contributed by atoms with E-state index in [2.05, 4.69) is 47.8 Å². The van der Waals surface area contributed by atoms with Gasteiger partial charge < -0.3 is 10.1 Å². The lowest BCUT2D eigenvalue weighted by molar-refractivity contribution is 0.187. The smallest absolute Gasteiger partial charge is 0.0511 e. The molecule has 17 heavy (non-hydrogen) atoms. The quantitative estimate of drug-likeness (QED) is 0.868. The number of anilines is 1. The van der Waals surface area contributed by atoms with Crippen LogP contribution in [0.15, 0.2) is 42.5 Å². The first-order chi connectivity index (χ1) is 8.42. The van der Waals surface area contributed by atoms with Gasteiger partial charge in [-0.25, -0.2) is 0 Å². The topological polar surface area (TPSA) is 21.3 Å². The second kappa shape index (κ2) is 4.76. The minimum Gasteiger partial charge on any atom is -0.385 e. The Balaban J connectivity index is 1.72. The molecule has 0 aromatic heterocycles. The lowest BCUT2D eigenvalue weighted by Crippen LogP contribution is -2.13. The van der Waals surface area contributed by atoms with Crippen molar-refractivity contribution < 1.29 is 4.74 Å². The van der Waals surface area contributed by atoms with Crippen LogP contribution in [-0.2, 0) is 4.74 Å². The predicted molar refractivity (Wildman–Crippen MR) is 71.4 cm³/mol. The van der Waals surface area contributed by atoms with E-state index in [0.717, 1.165) is 19.8 Å². The zero-order valence-electron chi connectivity index (χ0n) is 9.86. The van der Waals surface area contributed by atoms with Crippen molar-refractivity contribution in [3.8, 4) is 0 Å². The highest BCUT2D eigenvalue weighted by molar-refractivity contribution is 5.85. The van der Waals surface area contributed by atoms with E-state index in [-0.39, 0.29) is 0 Å². The molecule has 3 rings (SSSR count). The van der Waals surface area contributed by atoms with Gasteiger partial charge in [-0.3, -0.25) is 0 Å². The van der Waals surface area contributed by atoms with Crippen LogP contribution in [0.5, 0.6) is 0 Å². The fourth-order valence-corrected chi connectivity index (χ4v) is 2.31. The maximum absolute atomic E-state index is 5.38. The van der Waals surface area contributed by atoms with Crippen LogP contribution in [0.2, 0.25) is 0 Å². The molecule has 1 fully saturated rings. The zero-order valence-corrected chi connectivity index (χ0v) is 9.86. The van der Waals surface area contributed by atoms with Crippen molar-refractivity contribution in [1.82, 2.24) is 0 Å². The average Bonchev–Trinajstić information content (AvgIpc) is 2.89. The second-order valence-electron chi connectivity index (χ2n) is 4.67. The van der Waals surface area contributed by atoms with E-state index in [1.807, 2.05) is 0 Å². The summed E-state index contributed by atoms with van der Waals surface area (Å²) in [5, 5.41) is 6.08. The molecule has 1 unspecified atom stereocenters. The van der Waals surface area contributed by atoms with E-state index in [0.29, 0.717) is 5.92 Å². The van der Waals surface area contributed by atoms with Crippen molar-refractivity contribution in [2.75, 3.05) is 25.1 Å². The highest BCUT2D eigenvalue weighted by Crippen LogP contribution is 2.20. The normalized spacial score (nSPS) is 19.6. The van der Waals surface area contributed by atoms with Crippen molar-refractivity contribution >= 4 is 16.5 Å². The van der Waals surface area contributed by atoms with Crippen LogP contribution in [0.25, 0.3) is 10.8 Å². The molecule has 0 radical (unpaired) electrons. The minimum absolute atomic E-state index is 0.668. The molecule has 88 valence electrons. The summed E-state index contributed by atoms with van der Waals surface area (Å²) in [7, 11) is 0. The summed E-state index contributed by atoms with van der Waals surface area (Å²) in [5.41, 5.74) is 1.20. The number of fused-ring (bicyclic) bond motifs is 1. The summed E-state index contributed by atoms with van der Waals surface area (Å²) < 4.78 is 5.38. The number of ether oxygens (including phenoxy) is 1. The van der Waals surface area contributed by atoms with Crippen LogP contribution in [0.3, 0.4) is 0 Å². The number of hydrogen-bond acceptors (Lipinski definition) is 2. The molecule has 2 aromatic rings. The largest absolute Gasteiger partial charge is 0.385 e. The molecule has 1 saturated heterocycles. The van der Waals surface area contributed by atoms with Crippen molar-refractivity contribution in [1.29, 1.82) is 0 Å². The maximum atomic E-state index is 5.38. The Kier molecular flexibility index (Phi) is 2.97. The SMILES string of the molecule is c1ccc2cc(NCC3CCOC3)ccc2c1. The molecule has 1 atom stereocenters. The molecule has 0 bridgehead atoms. The Morgan fingerprint density at radius 3 is 2.82 bits per heavy atom. The summed E-state index contributed by atoms with van der Waals surface area (Å²) >= 11 is 0. The van der Waals surface area contributed by atoms with E-state index in [1.54, 1.807) is 0 Å². The molecule has 1 N–H and O–H groups in total. The summed E-state index contributed by atoms with van der Waals surface area (Å²) in [6.45, 7) is 2.84. The van der Waals surface area contributed by atoms with E-state index in [1.165, 1.54) is 22.9 Å². The molecule has 0 aliphatic carbocycles. The number of nitrogens with one attached hydrogen (secondary N) is 1. The van der Waals surface area contributed by atoms with Gasteiger partial charge >= 0.3 is 0 Å². The van der Waals surface area contributed by atoms with Crippen LogP contribution in [0.1, 0.15) is 6.42 Å². The monoisotopic (exact) mass is 227 g/mol. The Hall–Kier alpha value is -1.54. The lowest BCUT2D eigenvalue weighted by Gasteiger charge is -2.11. The van der Waals surface area contributed by atoms with Crippen LogP contribution in [-0.4, -0.2) is 19.8 Å². The first-order valence-corrected chi connectivity index (χ1v) is 6.22. The van der Waals surface area contributed by atoms with Crippen molar-refractivity contribution in [3.63, 3.8) is 0 Å². The molecule has 1 aliphatic heterocycles. The third-order valence-corrected chi connectivity index (χ3v) is 3.37. The zero-order chi connectivity index (χ0) is 11.5. The molecule has 0 spiro atoms. The van der Waals surface area contributed by atoms with Crippen LogP contribution < -0.4 is 5.32 Å². The molecular formula is C15H17NO. The van der Waals surface area contributed by atoms with Crippen LogP contribution in [0.4, 0.5) is 5.69 Å². The molecule has 2 heteroatoms. The van der Waals surface area contributed by atoms with Crippen LogP contribution in [0, 0.1) is 5.92 Å². The van der Waals surface area contributed by atoms with Gasteiger partial charge in [0.2, 0.25) is 0 Å². The van der Waals surface area contributed by atoms with E-state index >= 15 is 0 Å². The summed E-state index contributed by atoms with van der Waals surface area (Å²) in [4.78, 5) is 0. The second-order valence-corrected chi connectivity index (χ2v) is 4.67. The number of hydrogen-bond donors (Lipinski definition) is 1. The van der Waals surface area contributed by atoms with Gasteiger partial charge in [-0.1, -0.05) is 30.3 Å². The Morgan fingerprint density at radius 1 is 1.12 bits per heavy atom. The predicted octanol–water partition coefficient (Wildman–Crippen LogP) is 3.29. The van der Waals surface area contributed by atoms with Gasteiger partial charge in [0.25, 0.3) is 0 Å². The molecule has 2 aromatic carbocycles. The first-order valence-electron chi connectivity index (χ1n) is 6.22. The molecular weight excluding hydrogens is 210 g/mol. The molecule has 1 aliphatic rings. The van der Waals surface area contributed by atoms with Gasteiger partial charge in [-0.15, -0.1) is 0 Å². The highest BCUT2D eigenvalue weighted by Gasteiger charge is 2.14. The molecule has 2 nitrogen and oxygen atoms in total. The summed E-state index contributed by atoms with van der Waals surface area (Å²) in [6.07, 6.45) is 1.18. The standard InChI is InChI=1S/C15H17NO/c1-2-4-14-9-15(6-5-13(14)3-1)16-10-12-7-8-17-11-12/h1-6,9,12,16H,7-8,10-11H2. The highest BCUT2D eigenvalue weighted by atomic mass is 16.5. The van der Waals surface area contributed by atoms with E-state index < -0.39 is 0 Å². The molecule has 1 heterocycles. The van der Waals surface area contributed by atoms with Gasteiger partial charge in [-0.05, 0) is 29.3 Å². The molecule has 0 amide bonds. The summed E-state index contributed by atoms with van der Waals surface area (Å²) in [5.74, 6) is 0.668. The Bertz CT molecular complexity index is 503. The fourth-order valence-electron chi connectivity index (χ4n) is 2.31. The van der Waals surface area contributed by atoms with Crippen molar-refractivity contribution in [3.05, 3.63) is 42.5 Å². The summed E-state index contributed by atoms with van der Waals surface area (Å²) in [6, 6.07) is 15.0. The first kappa shape index (κ1) is 10.6. The third kappa shape index (κ3) is 2.42. The number of benzene rings is 2. The number of rotatable bonds is 3. The molecule has 0 saturated carbocycles. The van der Waals surface area contributed by atoms with Crippen LogP contribution >= 0.6 is 0 Å². The van der Waals surface area contributed by atoms with Gasteiger partial charge in [0.15, 0.2) is 0 Å². The lowest BCUT2D eigenvalue weighted by atomic mass is 10.1. The third-order valence-electron chi connectivity index (χ3n) is 3.37. The van der Waals surface area contributed by atoms with E-state index in [9.17, 15) is 0 Å². The van der Waals surface area contributed by atoms with Gasteiger partial charge in [-0.2, -0.15) is 0 Å². The van der Waals surface area contributed by atoms with E-state index in [4.69, 9.17) is 4.74 Å². The average molecular weight is 227 g/mol. The van der Waals surface area contributed by atoms with Gasteiger partial charge in [0, 0.05) is 24.8 Å². The Morgan fingerprint density at radius 2 is 2.00 bits per heavy atom. The van der Waals surface area contributed by atoms with Crippen molar-refractivity contribution in [2.45, 2.75) is 6.42 Å². The fraction of sp³-hybridized carbons (Fsp3) is 0.333. The Labute approximate surface area is 102 Å². The van der Waals surface area contributed by atoms with Crippen molar-refractivity contribution in [2.24, 2.45) is 5.92 Å². The van der Waals surface area contributed by atoms with Gasteiger partial charge in [0.05, 0.1) is 6.61 Å².